The normalized spacial score (nSPS) is 21.2. The maximum absolute atomic E-state index is 14.2. The molecule has 2 aromatic rings. The smallest absolute Gasteiger partial charge is 0.326 e. The summed E-state index contributed by atoms with van der Waals surface area (Å²) >= 11 is 0. The Hall–Kier alpha value is -4.59. The number of carboxylic acids is 3. The van der Waals surface area contributed by atoms with Crippen LogP contribution in [0, 0.1) is 17.8 Å². The molecule has 2 unspecified atom stereocenters. The molecule has 2 aliphatic heterocycles. The zero-order valence-electron chi connectivity index (χ0n) is 38.0. The second kappa shape index (κ2) is 25.8. The Morgan fingerprint density at radius 3 is 1.94 bits per heavy atom. The van der Waals surface area contributed by atoms with Crippen molar-refractivity contribution in [3.8, 4) is 0 Å². The summed E-state index contributed by atoms with van der Waals surface area (Å²) in [5.74, 6) is -4.01. The standard InChI is InChI=1S/C30H46NO7P.C18H24N2O5/c1-4-28(33)37-30(22(2)3)38-39(36,18-12-11-15-23-13-7-5-8-14-23)21-27(32)31-20-25(19-26(31)29(34)35)24-16-9-6-10-17-24;1-12(16(21)20-11-5-8-15(20)18(24)25)19-14(17(22)23)10-9-13-6-3-2-4-7-13/h5,7-8,13-14,22,24-26,30H,4,6,9-12,15-21H2,1-3H3,(H,34,35);2-4,6-7,12,14-15,19H,5,8-11H2,1H3,(H,22,23)(H,24,25)/t25-,26+,30?,39?;12-,14-,15-/m10/s1. The van der Waals surface area contributed by atoms with Gasteiger partial charge in [0.1, 0.15) is 24.3 Å². The van der Waals surface area contributed by atoms with Gasteiger partial charge < -0.3 is 29.9 Å². The fourth-order valence-electron chi connectivity index (χ4n) is 8.94. The highest BCUT2D eigenvalue weighted by molar-refractivity contribution is 7.59. The van der Waals surface area contributed by atoms with E-state index < -0.39 is 67.6 Å². The molecule has 354 valence electrons. The Kier molecular flexibility index (Phi) is 21.0. The van der Waals surface area contributed by atoms with Crippen molar-refractivity contribution in [3.63, 3.8) is 0 Å². The van der Waals surface area contributed by atoms with Gasteiger partial charge in [0.2, 0.25) is 25.5 Å². The van der Waals surface area contributed by atoms with E-state index in [4.69, 9.17) is 9.26 Å². The van der Waals surface area contributed by atoms with Crippen LogP contribution in [0.2, 0.25) is 0 Å². The van der Waals surface area contributed by atoms with Gasteiger partial charge in [-0.25, -0.2) is 9.59 Å². The first kappa shape index (κ1) is 52.0. The summed E-state index contributed by atoms with van der Waals surface area (Å²) in [5, 5.41) is 31.4. The van der Waals surface area contributed by atoms with Gasteiger partial charge in [-0.1, -0.05) is 114 Å². The molecule has 3 fully saturated rings. The van der Waals surface area contributed by atoms with Crippen LogP contribution >= 0.6 is 7.37 Å². The van der Waals surface area contributed by atoms with Crippen LogP contribution < -0.4 is 5.32 Å². The number of likely N-dealkylation sites (tertiary alicyclic amines) is 2. The lowest BCUT2D eigenvalue weighted by atomic mass is 9.79. The van der Waals surface area contributed by atoms with Crippen LogP contribution in [0.4, 0.5) is 0 Å². The van der Waals surface area contributed by atoms with Crippen molar-refractivity contribution in [3.05, 3.63) is 71.8 Å². The highest BCUT2D eigenvalue weighted by Gasteiger charge is 2.45. The fourth-order valence-corrected chi connectivity index (χ4v) is 11.2. The van der Waals surface area contributed by atoms with Crippen LogP contribution in [0.1, 0.15) is 116 Å². The third-order valence-electron chi connectivity index (χ3n) is 12.6. The number of nitrogens with zero attached hydrogens (tertiary/aromatic N) is 2. The lowest BCUT2D eigenvalue weighted by Gasteiger charge is -2.30. The highest BCUT2D eigenvalue weighted by atomic mass is 31.2. The van der Waals surface area contributed by atoms with Gasteiger partial charge in [-0.2, -0.15) is 0 Å². The van der Waals surface area contributed by atoms with Crippen molar-refractivity contribution in [1.29, 1.82) is 0 Å². The molecule has 0 bridgehead atoms. The maximum Gasteiger partial charge on any atom is 0.326 e. The summed E-state index contributed by atoms with van der Waals surface area (Å²) in [6, 6.07) is 16.2. The average molecular weight is 912 g/mol. The minimum atomic E-state index is -3.60. The predicted molar refractivity (Wildman–Crippen MR) is 242 cm³/mol. The third-order valence-corrected chi connectivity index (χ3v) is 14.9. The number of unbranched alkanes of at least 4 members (excludes halogenated alkanes) is 1. The number of carboxylic acid groups (broad SMARTS) is 3. The van der Waals surface area contributed by atoms with Crippen LogP contribution in [0.5, 0.6) is 0 Å². The molecule has 3 aliphatic rings. The molecule has 64 heavy (non-hydrogen) atoms. The Labute approximate surface area is 378 Å². The SMILES string of the molecule is CCC(=O)OC(OP(=O)(CCCCc1ccccc1)CC(=O)N1C[C@H](C2CCCCC2)C[C@H]1C(=O)O)C(C)C.C[C@H](N[C@@H](CCc1ccccc1)C(=O)O)C(=O)N1CCC[C@H]1C(=O)O. The number of hydrogen-bond donors (Lipinski definition) is 4. The molecule has 0 spiro atoms. The Bertz CT molecular complexity index is 1880. The zero-order valence-corrected chi connectivity index (χ0v) is 38.9. The molecule has 0 aromatic heterocycles. The molecular formula is C48H70N3O12P. The molecule has 15 nitrogen and oxygen atoms in total. The van der Waals surface area contributed by atoms with E-state index in [-0.39, 0.29) is 36.5 Å². The topological polar surface area (TPSA) is 217 Å². The van der Waals surface area contributed by atoms with Crippen LogP contribution in [0.3, 0.4) is 0 Å². The van der Waals surface area contributed by atoms with Crippen molar-refractivity contribution >= 4 is 43.1 Å². The third kappa shape index (κ3) is 16.1. The molecule has 1 aliphatic carbocycles. The summed E-state index contributed by atoms with van der Waals surface area (Å²) < 4.78 is 25.7. The number of carbonyl (C=O) groups excluding carboxylic acids is 3. The number of aliphatic carboxylic acids is 3. The molecule has 16 heteroatoms. The van der Waals surface area contributed by atoms with Crippen molar-refractivity contribution in [2.45, 2.75) is 148 Å². The van der Waals surface area contributed by atoms with Gasteiger partial charge in [-0.15, -0.1) is 0 Å². The monoisotopic (exact) mass is 911 g/mol. The first-order valence-corrected chi connectivity index (χ1v) is 25.1. The van der Waals surface area contributed by atoms with Gasteiger partial charge in [-0.05, 0) is 81.3 Å². The Morgan fingerprint density at radius 1 is 0.766 bits per heavy atom. The van der Waals surface area contributed by atoms with E-state index in [9.17, 15) is 48.7 Å². The Balaban J connectivity index is 0.000000309. The van der Waals surface area contributed by atoms with E-state index in [0.29, 0.717) is 57.5 Å². The summed E-state index contributed by atoms with van der Waals surface area (Å²) in [6.45, 7) is 7.65. The average Bonchev–Trinajstić information content (AvgIpc) is 3.97. The molecule has 5 rings (SSSR count). The van der Waals surface area contributed by atoms with E-state index in [1.807, 2.05) is 74.5 Å². The van der Waals surface area contributed by atoms with Gasteiger partial charge in [0.25, 0.3) is 0 Å². The second-order valence-electron chi connectivity index (χ2n) is 17.8. The summed E-state index contributed by atoms with van der Waals surface area (Å²) in [6.07, 6.45) is 9.12. The summed E-state index contributed by atoms with van der Waals surface area (Å²) in [4.78, 5) is 75.7. The molecule has 1 saturated carbocycles. The van der Waals surface area contributed by atoms with Gasteiger partial charge in [0.05, 0.1) is 6.04 Å². The number of nitrogens with one attached hydrogen (secondary N) is 1. The summed E-state index contributed by atoms with van der Waals surface area (Å²) in [5.41, 5.74) is 2.20. The van der Waals surface area contributed by atoms with Crippen molar-refractivity contribution in [1.82, 2.24) is 15.1 Å². The largest absolute Gasteiger partial charge is 0.480 e. The van der Waals surface area contributed by atoms with Crippen LogP contribution in [0.15, 0.2) is 60.7 Å². The lowest BCUT2D eigenvalue weighted by Crippen LogP contribution is -2.53. The van der Waals surface area contributed by atoms with Gasteiger partial charge >= 0.3 is 23.9 Å². The number of carbonyl (C=O) groups is 6. The molecule has 7 atom stereocenters. The lowest BCUT2D eigenvalue weighted by molar-refractivity contribution is -0.169. The second-order valence-corrected chi connectivity index (χ2v) is 20.4. The van der Waals surface area contributed by atoms with Crippen molar-refractivity contribution < 1.29 is 57.9 Å². The minimum absolute atomic E-state index is 0.149. The number of ether oxygens (including phenoxy) is 1. The van der Waals surface area contributed by atoms with E-state index >= 15 is 0 Å². The molecule has 4 N–H and O–H groups in total. The number of aryl methyl sites for hydroxylation is 2. The Morgan fingerprint density at radius 2 is 1.38 bits per heavy atom. The van der Waals surface area contributed by atoms with Crippen LogP contribution in [-0.4, -0.2) is 117 Å². The van der Waals surface area contributed by atoms with E-state index in [1.165, 1.54) is 21.8 Å². The van der Waals surface area contributed by atoms with Gasteiger partial charge in [-0.3, -0.25) is 33.6 Å². The van der Waals surface area contributed by atoms with E-state index in [0.717, 1.165) is 44.1 Å². The first-order chi connectivity index (χ1) is 30.5. The molecule has 2 heterocycles. The van der Waals surface area contributed by atoms with Crippen molar-refractivity contribution in [2.75, 3.05) is 25.4 Å². The molecule has 2 aromatic carbocycles. The highest BCUT2D eigenvalue weighted by Crippen LogP contribution is 2.51. The minimum Gasteiger partial charge on any atom is -0.480 e. The number of esters is 1. The summed E-state index contributed by atoms with van der Waals surface area (Å²) in [7, 11) is -3.60. The van der Waals surface area contributed by atoms with Gasteiger partial charge in [0, 0.05) is 31.6 Å². The van der Waals surface area contributed by atoms with Crippen molar-refractivity contribution in [2.24, 2.45) is 17.8 Å². The number of benzene rings is 2. The van der Waals surface area contributed by atoms with Gasteiger partial charge in [0.15, 0.2) is 0 Å². The zero-order chi connectivity index (χ0) is 46.8. The molecule has 0 radical (unpaired) electrons. The van der Waals surface area contributed by atoms with E-state index in [2.05, 4.69) is 5.32 Å². The fraction of sp³-hybridized carbons (Fsp3) is 0.625. The van der Waals surface area contributed by atoms with E-state index in [1.54, 1.807) is 13.8 Å². The maximum atomic E-state index is 14.2. The molecule has 2 amide bonds. The quantitative estimate of drug-likeness (QED) is 0.0397. The first-order valence-electron chi connectivity index (χ1n) is 23.1. The van der Waals surface area contributed by atoms with Crippen LogP contribution in [0.25, 0.3) is 0 Å². The molecular weight excluding hydrogens is 842 g/mol. The molecule has 2 saturated heterocycles. The predicted octanol–water partition coefficient (Wildman–Crippen LogP) is 7.25. The number of rotatable bonds is 22. The number of amides is 2. The van der Waals surface area contributed by atoms with Crippen LogP contribution in [-0.2, 0) is 55.4 Å². The number of hydrogen-bond acceptors (Lipinski definition) is 10.